The van der Waals surface area contributed by atoms with E-state index >= 15 is 0 Å². The molecule has 11 rings (SSSR count). The third kappa shape index (κ3) is 2.51. The zero-order valence-corrected chi connectivity index (χ0v) is 24.6. The van der Waals surface area contributed by atoms with Gasteiger partial charge < -0.3 is 9.38 Å². The second-order valence-corrected chi connectivity index (χ2v) is 13.3. The van der Waals surface area contributed by atoms with E-state index in [1.165, 1.54) is 93.6 Å². The summed E-state index contributed by atoms with van der Waals surface area (Å²) in [5.41, 5.74) is 14.8. The lowest BCUT2D eigenvalue weighted by molar-refractivity contribution is 0.634. The van der Waals surface area contributed by atoms with Crippen molar-refractivity contribution in [3.63, 3.8) is 0 Å². The van der Waals surface area contributed by atoms with E-state index in [0.717, 1.165) is 0 Å². The minimum Gasteiger partial charge on any atom is -0.376 e. The molecule has 8 aromatic rings. The van der Waals surface area contributed by atoms with Crippen LogP contribution in [0.5, 0.6) is 0 Å². The summed E-state index contributed by atoms with van der Waals surface area (Å²) in [6, 6.07) is 48.1. The number of nitrogens with zero attached hydrogens (tertiary/aromatic N) is 2. The number of aromatic nitrogens is 1. The van der Waals surface area contributed by atoms with Gasteiger partial charge in [0.15, 0.2) is 0 Å². The van der Waals surface area contributed by atoms with E-state index in [-0.39, 0.29) is 12.3 Å². The summed E-state index contributed by atoms with van der Waals surface area (Å²) < 4.78 is 2.63. The molecule has 1 aromatic heterocycles. The highest BCUT2D eigenvalue weighted by Crippen LogP contribution is 2.55. The highest BCUT2D eigenvalue weighted by Gasteiger charge is 2.49. The Bertz CT molecular complexity index is 2610. The molecular weight excluding hydrogens is 531 g/mol. The van der Waals surface area contributed by atoms with E-state index in [1.807, 2.05) is 0 Å². The largest absolute Gasteiger partial charge is 0.376 e. The van der Waals surface area contributed by atoms with Gasteiger partial charge >= 0.3 is 6.85 Å². The van der Waals surface area contributed by atoms with E-state index < -0.39 is 0 Å². The van der Waals surface area contributed by atoms with Crippen molar-refractivity contribution in [1.29, 1.82) is 0 Å². The van der Waals surface area contributed by atoms with Crippen LogP contribution in [0, 0.1) is 0 Å². The first-order valence-corrected chi connectivity index (χ1v) is 15.7. The molecule has 0 saturated carbocycles. The molecule has 0 atom stereocenters. The second-order valence-electron chi connectivity index (χ2n) is 13.3. The third-order valence-electron chi connectivity index (χ3n) is 10.9. The molecule has 0 unspecified atom stereocenters. The molecule has 0 fully saturated rings. The normalized spacial score (nSPS) is 15.1. The van der Waals surface area contributed by atoms with Crippen molar-refractivity contribution in [1.82, 2.24) is 4.57 Å². The molecule has 3 aliphatic heterocycles. The van der Waals surface area contributed by atoms with Crippen LogP contribution in [-0.2, 0) is 5.41 Å². The van der Waals surface area contributed by atoms with Gasteiger partial charge in [-0.25, -0.2) is 0 Å². The molecule has 0 amide bonds. The number of fused-ring (bicyclic) bond motifs is 13. The maximum atomic E-state index is 2.69. The monoisotopic (exact) mass is 558 g/mol. The van der Waals surface area contributed by atoms with Gasteiger partial charge in [-0.2, -0.15) is 0 Å². The summed E-state index contributed by atoms with van der Waals surface area (Å²) in [6.07, 6.45) is 0. The summed E-state index contributed by atoms with van der Waals surface area (Å²) in [4.78, 5) is 2.69. The molecule has 0 aliphatic carbocycles. The molecule has 0 radical (unpaired) electrons. The second kappa shape index (κ2) is 7.62. The van der Waals surface area contributed by atoms with Crippen molar-refractivity contribution in [2.45, 2.75) is 19.3 Å². The molecule has 204 valence electrons. The fourth-order valence-corrected chi connectivity index (χ4v) is 9.08. The number of rotatable bonds is 0. The van der Waals surface area contributed by atoms with E-state index in [2.05, 4.69) is 151 Å². The number of anilines is 2. The number of hydrogen-bond donors (Lipinski definition) is 0. The van der Waals surface area contributed by atoms with Gasteiger partial charge in [0, 0.05) is 43.9 Å². The van der Waals surface area contributed by atoms with Gasteiger partial charge in [0.2, 0.25) is 0 Å². The average Bonchev–Trinajstić information content (AvgIpc) is 3.41. The van der Waals surface area contributed by atoms with E-state index in [1.54, 1.807) is 0 Å². The molecule has 4 heterocycles. The van der Waals surface area contributed by atoms with Crippen molar-refractivity contribution in [2.24, 2.45) is 0 Å². The summed E-state index contributed by atoms with van der Waals surface area (Å²) in [5.74, 6) is 0. The lowest BCUT2D eigenvalue weighted by atomic mass is 9.42. The maximum absolute atomic E-state index is 2.69. The Kier molecular flexibility index (Phi) is 4.02. The smallest absolute Gasteiger partial charge is 0.333 e. The maximum Gasteiger partial charge on any atom is 0.333 e. The average molecular weight is 558 g/mol. The summed E-state index contributed by atoms with van der Waals surface area (Å²) in [6.45, 7) is 4.84. The quantitative estimate of drug-likeness (QED) is 0.169. The van der Waals surface area contributed by atoms with Crippen LogP contribution in [0.2, 0.25) is 0 Å². The molecular formula is C41H27BN2. The zero-order chi connectivity index (χ0) is 28.9. The summed E-state index contributed by atoms with van der Waals surface area (Å²) >= 11 is 0. The minimum absolute atomic E-state index is 0.0577. The Morgan fingerprint density at radius 1 is 0.523 bits per heavy atom. The number of para-hydroxylation sites is 3. The third-order valence-corrected chi connectivity index (χ3v) is 10.9. The SMILES string of the molecule is CC1(C)c2ccccc2N2B3c4c(cc5ccccc5c4-n4c5c3cccc5c3ccc5ccccc5c34)-c3cccc1c32. The highest BCUT2D eigenvalue weighted by atomic mass is 15.1. The highest BCUT2D eigenvalue weighted by molar-refractivity contribution is 6.94. The van der Waals surface area contributed by atoms with Gasteiger partial charge in [0.25, 0.3) is 0 Å². The number of hydrogen-bond acceptors (Lipinski definition) is 1. The summed E-state index contributed by atoms with van der Waals surface area (Å²) in [7, 11) is 0. The molecule has 0 spiro atoms. The molecule has 0 saturated heterocycles. The molecule has 3 aliphatic rings. The lowest BCUT2D eigenvalue weighted by Crippen LogP contribution is -2.62. The fourth-order valence-electron chi connectivity index (χ4n) is 9.08. The molecule has 0 N–H and O–H groups in total. The first-order chi connectivity index (χ1) is 21.6. The Labute approximate surface area is 255 Å². The van der Waals surface area contributed by atoms with E-state index in [0.29, 0.717) is 0 Å². The fraction of sp³-hybridized carbons (Fsp3) is 0.0732. The van der Waals surface area contributed by atoms with Crippen LogP contribution >= 0.6 is 0 Å². The van der Waals surface area contributed by atoms with Crippen LogP contribution < -0.4 is 15.7 Å². The molecule has 44 heavy (non-hydrogen) atoms. The first-order valence-electron chi connectivity index (χ1n) is 15.7. The first kappa shape index (κ1) is 23.2. The minimum atomic E-state index is -0.107. The zero-order valence-electron chi connectivity index (χ0n) is 24.6. The molecule has 0 bridgehead atoms. The van der Waals surface area contributed by atoms with Crippen molar-refractivity contribution < 1.29 is 0 Å². The van der Waals surface area contributed by atoms with Crippen LogP contribution in [0.25, 0.3) is 60.2 Å². The standard InChI is InChI=1S/C41H27BN2/c1-41(2)32-17-7-8-20-35(32)44-38-29(15-9-18-33(38)41)31-23-25-12-4-6-14-27(25)40-36(31)42(44)34-19-10-16-28-30-22-21-24-11-3-5-13-26(24)37(30)43(40)39(28)34/h3-23H,1-2H3. The van der Waals surface area contributed by atoms with Crippen LogP contribution in [0.1, 0.15) is 25.0 Å². The molecule has 3 heteroatoms. The van der Waals surface area contributed by atoms with Crippen LogP contribution in [0.4, 0.5) is 11.4 Å². The van der Waals surface area contributed by atoms with Gasteiger partial charge in [-0.1, -0.05) is 129 Å². The Morgan fingerprint density at radius 3 is 2.14 bits per heavy atom. The molecule has 7 aromatic carbocycles. The molecule has 2 nitrogen and oxygen atoms in total. The Hall–Kier alpha value is -5.28. The van der Waals surface area contributed by atoms with Crippen LogP contribution in [-0.4, -0.2) is 11.4 Å². The van der Waals surface area contributed by atoms with Crippen molar-refractivity contribution >= 4 is 72.5 Å². The predicted molar refractivity (Wildman–Crippen MR) is 187 cm³/mol. The topological polar surface area (TPSA) is 8.17 Å². The lowest BCUT2D eigenvalue weighted by Gasteiger charge is -2.49. The Balaban J connectivity index is 1.43. The van der Waals surface area contributed by atoms with Crippen molar-refractivity contribution in [3.8, 4) is 16.8 Å². The predicted octanol–water partition coefficient (Wildman–Crippen LogP) is 8.97. The van der Waals surface area contributed by atoms with Gasteiger partial charge in [-0.3, -0.25) is 0 Å². The Morgan fingerprint density at radius 2 is 1.23 bits per heavy atom. The van der Waals surface area contributed by atoms with E-state index in [9.17, 15) is 0 Å². The van der Waals surface area contributed by atoms with E-state index in [4.69, 9.17) is 0 Å². The van der Waals surface area contributed by atoms with Gasteiger partial charge in [0.1, 0.15) is 0 Å². The van der Waals surface area contributed by atoms with Crippen LogP contribution in [0.3, 0.4) is 0 Å². The van der Waals surface area contributed by atoms with Crippen LogP contribution in [0.15, 0.2) is 127 Å². The van der Waals surface area contributed by atoms with Crippen molar-refractivity contribution in [3.05, 3.63) is 139 Å². The number of benzene rings is 7. The van der Waals surface area contributed by atoms with Gasteiger partial charge in [-0.05, 0) is 50.5 Å². The van der Waals surface area contributed by atoms with Gasteiger partial charge in [0.05, 0.1) is 16.7 Å². The summed E-state index contributed by atoms with van der Waals surface area (Å²) in [5, 5.41) is 7.82. The van der Waals surface area contributed by atoms with Crippen molar-refractivity contribution in [2.75, 3.05) is 4.81 Å². The van der Waals surface area contributed by atoms with Gasteiger partial charge in [-0.15, -0.1) is 0 Å².